The summed E-state index contributed by atoms with van der Waals surface area (Å²) in [4.78, 5) is 12.7. The van der Waals surface area contributed by atoms with Gasteiger partial charge >= 0.3 is 0 Å². The molecule has 18 heavy (non-hydrogen) atoms. The van der Waals surface area contributed by atoms with Gasteiger partial charge in [-0.15, -0.1) is 11.3 Å². The van der Waals surface area contributed by atoms with E-state index in [9.17, 15) is 9.18 Å². The lowest BCUT2D eigenvalue weighted by atomic mass is 10.2. The molecule has 0 aliphatic rings. The van der Waals surface area contributed by atoms with Gasteiger partial charge < -0.3 is 4.42 Å². The maximum Gasteiger partial charge on any atom is 0.238 e. The zero-order valence-corrected chi connectivity index (χ0v) is 11.3. The van der Waals surface area contributed by atoms with Crippen molar-refractivity contribution < 1.29 is 13.6 Å². The zero-order valence-electron chi connectivity index (χ0n) is 8.94. The van der Waals surface area contributed by atoms with Gasteiger partial charge in [-0.2, -0.15) is 0 Å². The topological polar surface area (TPSA) is 30.2 Å². The molecule has 2 nitrogen and oxygen atoms in total. The van der Waals surface area contributed by atoms with Crippen LogP contribution in [0.1, 0.15) is 15.4 Å². The van der Waals surface area contributed by atoms with Crippen molar-refractivity contribution in [3.05, 3.63) is 56.6 Å². The second kappa shape index (κ2) is 4.33. The van der Waals surface area contributed by atoms with Crippen molar-refractivity contribution in [3.63, 3.8) is 0 Å². The van der Waals surface area contributed by atoms with Gasteiger partial charge in [0, 0.05) is 5.39 Å². The molecule has 3 rings (SSSR count). The Morgan fingerprint density at radius 3 is 2.78 bits per heavy atom. The first-order valence-corrected chi connectivity index (χ1v) is 6.74. The third-order valence-electron chi connectivity index (χ3n) is 2.52. The van der Waals surface area contributed by atoms with E-state index < -0.39 is 5.82 Å². The fourth-order valence-electron chi connectivity index (χ4n) is 1.70. The average molecular weight is 325 g/mol. The van der Waals surface area contributed by atoms with Gasteiger partial charge in [0.05, 0.1) is 8.66 Å². The van der Waals surface area contributed by atoms with Crippen molar-refractivity contribution >= 4 is 44.0 Å². The number of fused-ring (bicyclic) bond motifs is 1. The van der Waals surface area contributed by atoms with Gasteiger partial charge in [-0.1, -0.05) is 12.1 Å². The third kappa shape index (κ3) is 1.89. The molecule has 0 aliphatic carbocycles. The number of carbonyl (C=O) groups is 1. The molecule has 0 saturated heterocycles. The molecule has 90 valence electrons. The first-order chi connectivity index (χ1) is 8.65. The van der Waals surface area contributed by atoms with Crippen molar-refractivity contribution in [2.45, 2.75) is 0 Å². The molecule has 0 saturated carbocycles. The van der Waals surface area contributed by atoms with Gasteiger partial charge in [0.2, 0.25) is 5.78 Å². The van der Waals surface area contributed by atoms with Crippen LogP contribution >= 0.6 is 27.3 Å². The number of rotatable bonds is 2. The molecular weight excluding hydrogens is 319 g/mol. The molecule has 0 radical (unpaired) electrons. The molecular formula is C13H6BrFO2S. The predicted octanol–water partition coefficient (Wildman–Crippen LogP) is 4.63. The quantitative estimate of drug-likeness (QED) is 0.643. The Balaban J connectivity index is 2.10. The van der Waals surface area contributed by atoms with Crippen LogP contribution in [0, 0.1) is 5.82 Å². The Kier molecular flexibility index (Phi) is 2.80. The van der Waals surface area contributed by atoms with Crippen molar-refractivity contribution in [1.82, 2.24) is 0 Å². The van der Waals surface area contributed by atoms with E-state index >= 15 is 0 Å². The first kappa shape index (κ1) is 11.6. The number of hydrogen-bond donors (Lipinski definition) is 0. The van der Waals surface area contributed by atoms with Crippen molar-refractivity contribution in [1.29, 1.82) is 0 Å². The Bertz CT molecular complexity index is 744. The van der Waals surface area contributed by atoms with Crippen LogP contribution < -0.4 is 0 Å². The lowest BCUT2D eigenvalue weighted by molar-refractivity contribution is 0.101. The molecule has 0 bridgehead atoms. The number of furan rings is 1. The fraction of sp³-hybridized carbons (Fsp3) is 0. The lowest BCUT2D eigenvalue weighted by Gasteiger charge is -1.91. The van der Waals surface area contributed by atoms with E-state index in [4.69, 9.17) is 4.42 Å². The van der Waals surface area contributed by atoms with E-state index in [-0.39, 0.29) is 17.1 Å². The summed E-state index contributed by atoms with van der Waals surface area (Å²) in [7, 11) is 0. The maximum absolute atomic E-state index is 13.5. The smallest absolute Gasteiger partial charge is 0.238 e. The van der Waals surface area contributed by atoms with Crippen LogP contribution in [0.15, 0.2) is 44.6 Å². The van der Waals surface area contributed by atoms with Crippen molar-refractivity contribution in [2.24, 2.45) is 0 Å². The highest BCUT2D eigenvalue weighted by Gasteiger charge is 2.17. The Morgan fingerprint density at radius 2 is 2.11 bits per heavy atom. The second-order valence-corrected chi connectivity index (χ2v) is 6.16. The fourth-order valence-corrected chi connectivity index (χ4v) is 3.03. The number of hydrogen-bond acceptors (Lipinski definition) is 3. The standard InChI is InChI=1S/C13H6BrFO2S/c14-11-5-4-10(18-11)12(16)9-6-7-2-1-3-8(15)13(7)17-9/h1-6H. The van der Waals surface area contributed by atoms with Gasteiger partial charge in [0.1, 0.15) is 0 Å². The van der Waals surface area contributed by atoms with E-state index in [1.54, 1.807) is 30.3 Å². The number of thiophene rings is 1. The second-order valence-electron chi connectivity index (χ2n) is 3.70. The van der Waals surface area contributed by atoms with Gasteiger partial charge in [-0.25, -0.2) is 4.39 Å². The minimum absolute atomic E-state index is 0.122. The largest absolute Gasteiger partial charge is 0.449 e. The zero-order chi connectivity index (χ0) is 12.7. The van der Waals surface area contributed by atoms with Gasteiger partial charge in [-0.3, -0.25) is 4.79 Å². The van der Waals surface area contributed by atoms with E-state index in [2.05, 4.69) is 15.9 Å². The maximum atomic E-state index is 13.5. The van der Waals surface area contributed by atoms with E-state index in [0.29, 0.717) is 10.3 Å². The van der Waals surface area contributed by atoms with Crippen LogP contribution in [0.2, 0.25) is 0 Å². The summed E-state index contributed by atoms with van der Waals surface area (Å²) in [5.74, 6) is -0.537. The molecule has 2 aromatic heterocycles. The van der Waals surface area contributed by atoms with E-state index in [1.165, 1.54) is 17.4 Å². The Morgan fingerprint density at radius 1 is 1.28 bits per heavy atom. The lowest BCUT2D eigenvalue weighted by Crippen LogP contribution is -1.95. The molecule has 3 aromatic rings. The van der Waals surface area contributed by atoms with Gasteiger partial charge in [-0.05, 0) is 40.2 Å². The summed E-state index contributed by atoms with van der Waals surface area (Å²) in [5, 5.41) is 0.592. The molecule has 0 unspecified atom stereocenters. The monoisotopic (exact) mass is 324 g/mol. The third-order valence-corrected chi connectivity index (χ3v) is 4.14. The van der Waals surface area contributed by atoms with Gasteiger partial charge in [0.25, 0.3) is 0 Å². The molecule has 1 aromatic carbocycles. The molecule has 0 spiro atoms. The molecule has 0 aliphatic heterocycles. The summed E-state index contributed by atoms with van der Waals surface area (Å²) in [6, 6.07) is 9.67. The molecule has 0 amide bonds. The highest BCUT2D eigenvalue weighted by atomic mass is 79.9. The summed E-state index contributed by atoms with van der Waals surface area (Å²) < 4.78 is 19.6. The minimum atomic E-state index is -0.459. The van der Waals surface area contributed by atoms with E-state index in [0.717, 1.165) is 3.79 Å². The summed E-state index contributed by atoms with van der Waals surface area (Å²) >= 11 is 4.61. The van der Waals surface area contributed by atoms with Crippen molar-refractivity contribution in [3.8, 4) is 0 Å². The van der Waals surface area contributed by atoms with Crippen LogP contribution in [-0.2, 0) is 0 Å². The SMILES string of the molecule is O=C(c1cc2cccc(F)c2o1)c1ccc(Br)s1. The summed E-state index contributed by atoms with van der Waals surface area (Å²) in [6.07, 6.45) is 0. The van der Waals surface area contributed by atoms with Crippen LogP contribution in [0.25, 0.3) is 11.0 Å². The summed E-state index contributed by atoms with van der Waals surface area (Å²) in [6.45, 7) is 0. The first-order valence-electron chi connectivity index (χ1n) is 5.13. The van der Waals surface area contributed by atoms with E-state index in [1.807, 2.05) is 0 Å². The summed E-state index contributed by atoms with van der Waals surface area (Å²) in [5.41, 5.74) is 0.122. The number of benzene rings is 1. The minimum Gasteiger partial charge on any atom is -0.449 e. The van der Waals surface area contributed by atoms with Crippen LogP contribution in [0.4, 0.5) is 4.39 Å². The molecule has 5 heteroatoms. The highest BCUT2D eigenvalue weighted by molar-refractivity contribution is 9.11. The average Bonchev–Trinajstić information content (AvgIpc) is 2.95. The Labute approximate surface area is 114 Å². The number of halogens is 2. The number of ketones is 1. The van der Waals surface area contributed by atoms with Gasteiger partial charge in [0.15, 0.2) is 17.2 Å². The Hall–Kier alpha value is -1.46. The highest BCUT2D eigenvalue weighted by Crippen LogP contribution is 2.28. The predicted molar refractivity (Wildman–Crippen MR) is 71.6 cm³/mol. The molecule has 0 fully saturated rings. The van der Waals surface area contributed by atoms with Crippen molar-refractivity contribution in [2.75, 3.05) is 0 Å². The normalized spacial score (nSPS) is 11.0. The molecule has 2 heterocycles. The van der Waals surface area contributed by atoms with Crippen LogP contribution in [0.5, 0.6) is 0 Å². The number of para-hydroxylation sites is 1. The number of carbonyl (C=O) groups excluding carboxylic acids is 1. The molecule has 0 N–H and O–H groups in total. The van der Waals surface area contributed by atoms with Crippen LogP contribution in [-0.4, -0.2) is 5.78 Å². The molecule has 0 atom stereocenters. The van der Waals surface area contributed by atoms with Crippen LogP contribution in [0.3, 0.4) is 0 Å².